The van der Waals surface area contributed by atoms with Gasteiger partial charge in [-0.15, -0.1) is 39.7 Å². The van der Waals surface area contributed by atoms with Crippen molar-refractivity contribution in [2.24, 2.45) is 11.3 Å². The second-order valence-electron chi connectivity index (χ2n) is 14.6. The van der Waals surface area contributed by atoms with Crippen LogP contribution in [0, 0.1) is 17.4 Å². The molecule has 0 radical (unpaired) electrons. The van der Waals surface area contributed by atoms with Gasteiger partial charge in [-0.05, 0) is 10.8 Å². The van der Waals surface area contributed by atoms with Gasteiger partial charge >= 0.3 is 63.8 Å². The predicted octanol–water partition coefficient (Wildman–Crippen LogP) is 5.84. The summed E-state index contributed by atoms with van der Waals surface area (Å²) in [5, 5.41) is 5.48. The number of halogens is 2. The molecule has 0 fully saturated rings. The Morgan fingerprint density at radius 3 is 1.50 bits per heavy atom. The molecule has 0 heterocycles. The Morgan fingerprint density at radius 2 is 1.18 bits per heavy atom. The van der Waals surface area contributed by atoms with Gasteiger partial charge in [0, 0.05) is 0 Å². The van der Waals surface area contributed by atoms with Crippen molar-refractivity contribution in [2.75, 3.05) is 0 Å². The van der Waals surface area contributed by atoms with Gasteiger partial charge in [-0.2, -0.15) is 11.6 Å². The standard InChI is InChI=1S/C21H25.C13H21.C7H6.2ClH.Zr/c1-20(2,3)16-7-9-18-14(12-16)11-15-13-17(21(4,5)6)8-10-19(15)18;1-6-10-8-11(7-2)12(9-10)13(3,4)5;1-7-5-3-2-4-6-7;;;/h7-13H,1-6H3;9-10H,6-7H2,1-5H3;1-6H;2*1H;/q2*-1;;;;+2/p-2. The number of benzene rings is 3. The summed E-state index contributed by atoms with van der Waals surface area (Å²) in [6.07, 6.45) is 8.28. The van der Waals surface area contributed by atoms with E-state index in [4.69, 9.17) is 0 Å². The van der Waals surface area contributed by atoms with E-state index in [9.17, 15) is 0 Å². The van der Waals surface area contributed by atoms with Crippen molar-refractivity contribution in [1.82, 2.24) is 0 Å². The average Bonchev–Trinajstić information content (AvgIpc) is 3.54. The number of rotatable bonds is 3. The van der Waals surface area contributed by atoms with E-state index in [0.29, 0.717) is 11.3 Å². The second kappa shape index (κ2) is 16.8. The number of allylic oxidation sites excluding steroid dienone is 4. The zero-order chi connectivity index (χ0) is 31.3. The van der Waals surface area contributed by atoms with Gasteiger partial charge < -0.3 is 24.8 Å². The molecule has 0 amide bonds. The topological polar surface area (TPSA) is 0 Å². The Kier molecular flexibility index (Phi) is 15.4. The fourth-order valence-corrected chi connectivity index (χ4v) is 5.84. The van der Waals surface area contributed by atoms with Gasteiger partial charge in [0.2, 0.25) is 0 Å². The zero-order valence-electron chi connectivity index (χ0n) is 28.8. The molecule has 4 aromatic carbocycles. The molecule has 44 heavy (non-hydrogen) atoms. The summed E-state index contributed by atoms with van der Waals surface area (Å²) in [7, 11) is 0. The van der Waals surface area contributed by atoms with Crippen LogP contribution in [0.3, 0.4) is 0 Å². The van der Waals surface area contributed by atoms with E-state index in [-0.39, 0.29) is 35.6 Å². The van der Waals surface area contributed by atoms with Crippen molar-refractivity contribution in [3.63, 3.8) is 0 Å². The fourth-order valence-electron chi connectivity index (χ4n) is 5.36. The molecule has 4 aromatic rings. The SMILES string of the molecule is CC(C)(C)c1ccc2c(c1)[cH-]c1cc(C(C)(C)C)ccc12.CCC1=[C-]C(CC)C=C1C(C)(C)C.[Cl-].[Cl-].[Zr+2]=[CH]c1ccccc1. The van der Waals surface area contributed by atoms with Crippen LogP contribution in [0.1, 0.15) is 106 Å². The van der Waals surface area contributed by atoms with Crippen molar-refractivity contribution in [1.29, 1.82) is 0 Å². The van der Waals surface area contributed by atoms with Crippen LogP contribution < -0.4 is 24.8 Å². The third-order valence-corrected chi connectivity index (χ3v) is 8.88. The molecule has 0 N–H and O–H groups in total. The van der Waals surface area contributed by atoms with Crippen LogP contribution >= 0.6 is 0 Å². The average molecular weight is 707 g/mol. The third-order valence-electron chi connectivity index (χ3n) is 8.06. The molecule has 1 atom stereocenters. The van der Waals surface area contributed by atoms with Crippen LogP contribution in [0.15, 0.2) is 90.0 Å². The van der Waals surface area contributed by atoms with Crippen LogP contribution in [0.5, 0.6) is 0 Å². The van der Waals surface area contributed by atoms with E-state index in [1.165, 1.54) is 80.0 Å². The molecule has 0 aromatic heterocycles. The maximum absolute atomic E-state index is 3.57. The Labute approximate surface area is 296 Å². The van der Waals surface area contributed by atoms with Gasteiger partial charge in [-0.3, -0.25) is 6.08 Å². The minimum absolute atomic E-state index is 0. The van der Waals surface area contributed by atoms with Gasteiger partial charge in [-0.25, -0.2) is 5.57 Å². The van der Waals surface area contributed by atoms with E-state index < -0.39 is 0 Å². The summed E-state index contributed by atoms with van der Waals surface area (Å²) in [5.41, 5.74) is 7.79. The molecule has 1 aliphatic rings. The van der Waals surface area contributed by atoms with Crippen LogP contribution in [0.2, 0.25) is 0 Å². The molecular weight excluding hydrogens is 655 g/mol. The van der Waals surface area contributed by atoms with Gasteiger partial charge in [0.25, 0.3) is 0 Å². The molecular formula is C41H52Cl2Zr-2. The molecule has 0 saturated heterocycles. The number of hydrogen-bond acceptors (Lipinski definition) is 0. The Morgan fingerprint density at radius 1 is 0.705 bits per heavy atom. The van der Waals surface area contributed by atoms with Crippen LogP contribution in [0.4, 0.5) is 0 Å². The Bertz CT molecular complexity index is 1480. The van der Waals surface area contributed by atoms with Crippen LogP contribution in [-0.2, 0) is 35.1 Å². The van der Waals surface area contributed by atoms with Gasteiger partial charge in [0.15, 0.2) is 0 Å². The molecule has 0 spiro atoms. The molecule has 1 unspecified atom stereocenters. The normalized spacial score (nSPS) is 14.7. The maximum atomic E-state index is 3.57. The second-order valence-corrected chi connectivity index (χ2v) is 15.3. The number of fused-ring (bicyclic) bond motifs is 3. The first-order chi connectivity index (χ1) is 19.6. The molecule has 0 nitrogen and oxygen atoms in total. The molecule has 236 valence electrons. The van der Waals surface area contributed by atoms with Gasteiger partial charge in [-0.1, -0.05) is 136 Å². The molecule has 5 rings (SSSR count). The van der Waals surface area contributed by atoms with Gasteiger partial charge in [0.05, 0.1) is 0 Å². The molecule has 3 heteroatoms. The molecule has 0 bridgehead atoms. The summed E-state index contributed by atoms with van der Waals surface area (Å²) >= 11 is 1.46. The molecule has 1 aliphatic carbocycles. The van der Waals surface area contributed by atoms with Crippen molar-refractivity contribution in [2.45, 2.75) is 99.8 Å². The van der Waals surface area contributed by atoms with Crippen molar-refractivity contribution in [3.05, 3.63) is 113 Å². The minimum atomic E-state index is 0. The van der Waals surface area contributed by atoms with E-state index in [0.717, 1.165) is 6.42 Å². The Balaban J connectivity index is 0.000000361. The van der Waals surface area contributed by atoms with Crippen molar-refractivity contribution >= 4 is 25.3 Å². The summed E-state index contributed by atoms with van der Waals surface area (Å²) in [6.45, 7) is 24.9. The fraction of sp³-hybridized carbons (Fsp3) is 0.415. The van der Waals surface area contributed by atoms with Gasteiger partial charge in [0.1, 0.15) is 0 Å². The molecule has 0 aliphatic heterocycles. The summed E-state index contributed by atoms with van der Waals surface area (Å²) < 4.78 is 2.17. The van der Waals surface area contributed by atoms with E-state index in [1.807, 2.05) is 6.07 Å². The first-order valence-corrected chi connectivity index (χ1v) is 17.0. The zero-order valence-corrected chi connectivity index (χ0v) is 32.8. The first-order valence-electron chi connectivity index (χ1n) is 15.6. The quantitative estimate of drug-likeness (QED) is 0.235. The van der Waals surface area contributed by atoms with Crippen LogP contribution in [-0.4, -0.2) is 3.71 Å². The van der Waals surface area contributed by atoms with Crippen molar-refractivity contribution in [3.8, 4) is 0 Å². The van der Waals surface area contributed by atoms with Crippen molar-refractivity contribution < 1.29 is 49.0 Å². The Hall–Kier alpha value is -1.66. The van der Waals surface area contributed by atoms with E-state index in [2.05, 4.69) is 159 Å². The predicted molar refractivity (Wildman–Crippen MR) is 184 cm³/mol. The number of hydrogen-bond donors (Lipinski definition) is 0. The third kappa shape index (κ3) is 10.7. The van der Waals surface area contributed by atoms with E-state index in [1.54, 1.807) is 0 Å². The van der Waals surface area contributed by atoms with E-state index >= 15 is 0 Å². The van der Waals surface area contributed by atoms with Crippen LogP contribution in [0.25, 0.3) is 21.5 Å². The summed E-state index contributed by atoms with van der Waals surface area (Å²) in [4.78, 5) is 0. The summed E-state index contributed by atoms with van der Waals surface area (Å²) in [5.74, 6) is 0.573. The first kappa shape index (κ1) is 40.4. The molecule has 0 saturated carbocycles. The monoisotopic (exact) mass is 704 g/mol. The summed E-state index contributed by atoms with van der Waals surface area (Å²) in [6, 6.07) is 26.5.